The molecular weight excluding hydrogens is 386 g/mol. The van der Waals surface area contributed by atoms with Gasteiger partial charge < -0.3 is 14.8 Å². The van der Waals surface area contributed by atoms with Crippen molar-refractivity contribution in [1.29, 1.82) is 0 Å². The van der Waals surface area contributed by atoms with Crippen LogP contribution in [0.2, 0.25) is 0 Å². The zero-order valence-corrected chi connectivity index (χ0v) is 17.5. The first-order valence-corrected chi connectivity index (χ1v) is 9.91. The molecule has 4 rings (SSSR count). The monoisotopic (exact) mass is 407 g/mol. The first kappa shape index (κ1) is 19.0. The highest BCUT2D eigenvalue weighted by molar-refractivity contribution is 7.20. The highest BCUT2D eigenvalue weighted by atomic mass is 32.1. The number of hydrogen-bond donors (Lipinski definition) is 1. The summed E-state index contributed by atoms with van der Waals surface area (Å²) in [7, 11) is 3.14. The third-order valence-corrected chi connectivity index (χ3v) is 5.76. The maximum absolute atomic E-state index is 12.8. The van der Waals surface area contributed by atoms with Crippen LogP contribution >= 0.6 is 11.3 Å². The van der Waals surface area contributed by atoms with Gasteiger partial charge >= 0.3 is 0 Å². The van der Waals surface area contributed by atoms with Crippen LogP contribution in [-0.4, -0.2) is 29.7 Å². The van der Waals surface area contributed by atoms with Crippen molar-refractivity contribution in [2.45, 2.75) is 13.8 Å². The fourth-order valence-electron chi connectivity index (χ4n) is 3.22. The number of benzene rings is 2. The van der Waals surface area contributed by atoms with Gasteiger partial charge in [0.25, 0.3) is 5.91 Å². The number of rotatable bonds is 5. The summed E-state index contributed by atoms with van der Waals surface area (Å²) in [5.74, 6) is 0.991. The molecule has 0 bridgehead atoms. The Morgan fingerprint density at radius 3 is 2.45 bits per heavy atom. The summed E-state index contributed by atoms with van der Waals surface area (Å²) in [6.45, 7) is 4.11. The van der Waals surface area contributed by atoms with E-state index in [9.17, 15) is 4.79 Å². The summed E-state index contributed by atoms with van der Waals surface area (Å²) in [5.41, 5.74) is 4.28. The van der Waals surface area contributed by atoms with Crippen LogP contribution in [0.15, 0.2) is 48.5 Å². The van der Waals surface area contributed by atoms with Crippen LogP contribution in [0.1, 0.15) is 21.7 Å². The van der Waals surface area contributed by atoms with Gasteiger partial charge in [0.05, 0.1) is 30.1 Å². The zero-order valence-electron chi connectivity index (χ0n) is 16.6. The molecule has 0 spiro atoms. The van der Waals surface area contributed by atoms with E-state index in [1.807, 2.05) is 12.1 Å². The molecule has 2 aromatic carbocycles. The first-order valence-electron chi connectivity index (χ1n) is 9.09. The van der Waals surface area contributed by atoms with Crippen molar-refractivity contribution >= 4 is 33.1 Å². The van der Waals surface area contributed by atoms with Gasteiger partial charge in [-0.1, -0.05) is 11.3 Å². The average molecular weight is 407 g/mol. The number of hydrogen-bond acceptors (Lipinski definition) is 5. The molecule has 6 nitrogen and oxygen atoms in total. The Labute approximate surface area is 172 Å². The van der Waals surface area contributed by atoms with E-state index in [0.29, 0.717) is 22.7 Å². The molecule has 0 atom stereocenters. The third kappa shape index (κ3) is 3.56. The fourth-order valence-corrected chi connectivity index (χ4v) is 4.34. The van der Waals surface area contributed by atoms with E-state index in [4.69, 9.17) is 14.5 Å². The summed E-state index contributed by atoms with van der Waals surface area (Å²) in [4.78, 5) is 17.5. The number of fused-ring (bicyclic) bond motifs is 1. The van der Waals surface area contributed by atoms with E-state index in [2.05, 4.69) is 35.9 Å². The minimum Gasteiger partial charge on any atom is -0.497 e. The number of aryl methyl sites for hydroxylation is 2. The first-order chi connectivity index (χ1) is 14.0. The number of anilines is 1. The van der Waals surface area contributed by atoms with Gasteiger partial charge in [-0.25, -0.2) is 4.98 Å². The molecule has 2 aromatic heterocycles. The molecule has 0 saturated carbocycles. The predicted octanol–water partition coefficient (Wildman–Crippen LogP) is 4.97. The second kappa shape index (κ2) is 7.60. The topological polar surface area (TPSA) is 65.4 Å². The van der Waals surface area contributed by atoms with Crippen LogP contribution in [0.25, 0.3) is 15.3 Å². The summed E-state index contributed by atoms with van der Waals surface area (Å²) < 4.78 is 13.6. The molecule has 0 fully saturated rings. The van der Waals surface area contributed by atoms with Crippen LogP contribution in [0.4, 0.5) is 5.69 Å². The van der Waals surface area contributed by atoms with E-state index in [1.165, 1.54) is 0 Å². The number of carbonyl (C=O) groups excluding carboxylic acids is 1. The quantitative estimate of drug-likeness (QED) is 0.507. The smallest absolute Gasteiger partial charge is 0.255 e. The number of methoxy groups -OCH3 is 2. The molecule has 0 saturated heterocycles. The average Bonchev–Trinajstić information content (AvgIpc) is 3.29. The number of aromatic nitrogens is 2. The molecular formula is C22H21N3O3S. The number of ether oxygens (including phenoxy) is 2. The lowest BCUT2D eigenvalue weighted by Crippen LogP contribution is -2.12. The van der Waals surface area contributed by atoms with E-state index in [-0.39, 0.29) is 5.91 Å². The molecule has 0 aliphatic rings. The van der Waals surface area contributed by atoms with Crippen LogP contribution < -0.4 is 14.8 Å². The van der Waals surface area contributed by atoms with E-state index in [0.717, 1.165) is 26.7 Å². The van der Waals surface area contributed by atoms with Gasteiger partial charge in [-0.05, 0) is 56.3 Å². The lowest BCUT2D eigenvalue weighted by molar-refractivity contribution is 0.102. The Kier molecular flexibility index (Phi) is 4.98. The highest BCUT2D eigenvalue weighted by Crippen LogP contribution is 2.31. The standard InChI is InChI=1S/C22H21N3O3S/c1-13-5-6-14(2)25(13)22-24-18-9-7-15(11-20(18)29-22)21(26)23-17-10-8-16(27-3)12-19(17)28-4/h5-12H,1-4H3,(H,23,26). The second-order valence-electron chi connectivity index (χ2n) is 6.65. The summed E-state index contributed by atoms with van der Waals surface area (Å²) >= 11 is 1.56. The Morgan fingerprint density at radius 1 is 1.00 bits per heavy atom. The van der Waals surface area contributed by atoms with Crippen molar-refractivity contribution < 1.29 is 14.3 Å². The number of thiazole rings is 1. The molecule has 0 radical (unpaired) electrons. The van der Waals surface area contributed by atoms with Gasteiger partial charge in [0.1, 0.15) is 11.5 Å². The lowest BCUT2D eigenvalue weighted by Gasteiger charge is -2.11. The molecule has 7 heteroatoms. The molecule has 0 aliphatic heterocycles. The SMILES string of the molecule is COc1ccc(NC(=O)c2ccc3nc(-n4c(C)ccc4C)sc3c2)c(OC)c1. The normalized spacial score (nSPS) is 10.9. The summed E-state index contributed by atoms with van der Waals surface area (Å²) in [6.07, 6.45) is 0. The molecule has 1 amide bonds. The Morgan fingerprint density at radius 2 is 1.76 bits per heavy atom. The van der Waals surface area contributed by atoms with Crippen molar-refractivity contribution in [2.24, 2.45) is 0 Å². The van der Waals surface area contributed by atoms with Gasteiger partial charge in [0.2, 0.25) is 0 Å². The van der Waals surface area contributed by atoms with Gasteiger partial charge in [-0.2, -0.15) is 0 Å². The summed E-state index contributed by atoms with van der Waals surface area (Å²) in [6, 6.07) is 14.9. The lowest BCUT2D eigenvalue weighted by atomic mass is 10.2. The predicted molar refractivity (Wildman–Crippen MR) is 116 cm³/mol. The molecule has 148 valence electrons. The van der Waals surface area contributed by atoms with Crippen molar-refractivity contribution in [3.63, 3.8) is 0 Å². The minimum atomic E-state index is -0.210. The van der Waals surface area contributed by atoms with Crippen LogP contribution in [0.3, 0.4) is 0 Å². The third-order valence-electron chi connectivity index (χ3n) is 4.76. The zero-order chi connectivity index (χ0) is 20.5. The molecule has 1 N–H and O–H groups in total. The van der Waals surface area contributed by atoms with Gasteiger partial charge in [0, 0.05) is 23.0 Å². The fraction of sp³-hybridized carbons (Fsp3) is 0.182. The van der Waals surface area contributed by atoms with Crippen molar-refractivity contribution in [1.82, 2.24) is 9.55 Å². The molecule has 0 aliphatic carbocycles. The van der Waals surface area contributed by atoms with Crippen LogP contribution in [0, 0.1) is 13.8 Å². The number of nitrogens with one attached hydrogen (secondary N) is 1. The second-order valence-corrected chi connectivity index (χ2v) is 7.66. The molecule has 4 aromatic rings. The van der Waals surface area contributed by atoms with E-state index < -0.39 is 0 Å². The van der Waals surface area contributed by atoms with E-state index in [1.54, 1.807) is 49.8 Å². The number of nitrogens with zero attached hydrogens (tertiary/aromatic N) is 2. The van der Waals surface area contributed by atoms with Crippen LogP contribution in [0.5, 0.6) is 11.5 Å². The Balaban J connectivity index is 1.64. The van der Waals surface area contributed by atoms with Gasteiger partial charge in [-0.3, -0.25) is 9.36 Å². The van der Waals surface area contributed by atoms with Crippen molar-refractivity contribution in [2.75, 3.05) is 19.5 Å². The Bertz CT molecular complexity index is 1190. The maximum atomic E-state index is 12.8. The number of carbonyl (C=O) groups is 1. The molecule has 0 unspecified atom stereocenters. The van der Waals surface area contributed by atoms with Crippen molar-refractivity contribution in [3.8, 4) is 16.6 Å². The van der Waals surface area contributed by atoms with Gasteiger partial charge in [-0.15, -0.1) is 0 Å². The largest absolute Gasteiger partial charge is 0.497 e. The minimum absolute atomic E-state index is 0.210. The van der Waals surface area contributed by atoms with Crippen LogP contribution in [-0.2, 0) is 0 Å². The highest BCUT2D eigenvalue weighted by Gasteiger charge is 2.14. The molecule has 29 heavy (non-hydrogen) atoms. The van der Waals surface area contributed by atoms with Gasteiger partial charge in [0.15, 0.2) is 5.13 Å². The van der Waals surface area contributed by atoms with E-state index >= 15 is 0 Å². The number of amides is 1. The maximum Gasteiger partial charge on any atom is 0.255 e. The Hall–Kier alpha value is -3.32. The van der Waals surface area contributed by atoms with Crippen molar-refractivity contribution in [3.05, 3.63) is 65.5 Å². The molecule has 2 heterocycles. The summed E-state index contributed by atoms with van der Waals surface area (Å²) in [5, 5.41) is 3.80.